The molecule has 1 aromatic rings. The monoisotopic (exact) mass is 272 g/mol. The van der Waals surface area contributed by atoms with Gasteiger partial charge in [0.15, 0.2) is 5.78 Å². The van der Waals surface area contributed by atoms with Gasteiger partial charge < -0.3 is 0 Å². The van der Waals surface area contributed by atoms with Gasteiger partial charge >= 0.3 is 0 Å². The van der Waals surface area contributed by atoms with Crippen LogP contribution < -0.4 is 0 Å². The van der Waals surface area contributed by atoms with Gasteiger partial charge in [0.05, 0.1) is 12.2 Å². The highest BCUT2D eigenvalue weighted by Crippen LogP contribution is 2.27. The van der Waals surface area contributed by atoms with Crippen LogP contribution in [0.5, 0.6) is 0 Å². The second-order valence-electron chi connectivity index (χ2n) is 6.01. The van der Waals surface area contributed by atoms with E-state index >= 15 is 0 Å². The van der Waals surface area contributed by atoms with E-state index in [0.717, 1.165) is 12.1 Å². The molecule has 0 radical (unpaired) electrons. The van der Waals surface area contributed by atoms with E-state index in [0.29, 0.717) is 6.17 Å². The molecule has 2 aliphatic rings. The molecule has 3 nitrogen and oxygen atoms in total. The van der Waals surface area contributed by atoms with Crippen LogP contribution in [0.4, 0.5) is 0 Å². The number of carbonyl (C=O) groups excluding carboxylic acids is 1. The van der Waals surface area contributed by atoms with Crippen LogP contribution in [-0.4, -0.2) is 47.4 Å². The lowest BCUT2D eigenvalue weighted by atomic mass is 10.0. The molecule has 2 aliphatic heterocycles. The fourth-order valence-electron chi connectivity index (χ4n) is 3.65. The first-order valence-electron chi connectivity index (χ1n) is 7.86. The zero-order valence-electron chi connectivity index (χ0n) is 12.3. The van der Waals surface area contributed by atoms with Crippen molar-refractivity contribution in [3.05, 3.63) is 35.9 Å². The molecular weight excluding hydrogens is 248 g/mol. The van der Waals surface area contributed by atoms with Gasteiger partial charge in [0.2, 0.25) is 0 Å². The maximum atomic E-state index is 12.7. The van der Waals surface area contributed by atoms with E-state index in [4.69, 9.17) is 0 Å². The molecule has 2 atom stereocenters. The van der Waals surface area contributed by atoms with Crippen molar-refractivity contribution in [3.63, 3.8) is 0 Å². The summed E-state index contributed by atoms with van der Waals surface area (Å²) in [5, 5.41) is 0. The molecule has 2 heterocycles. The van der Waals surface area contributed by atoms with Crippen molar-refractivity contribution in [2.45, 2.75) is 44.8 Å². The van der Waals surface area contributed by atoms with Crippen molar-refractivity contribution in [1.82, 2.24) is 9.80 Å². The molecule has 0 bridgehead atoms. The SMILES string of the molecule is CC(C(=O)c1ccccc1)N1CCCCN2CCCC21. The Morgan fingerprint density at radius 2 is 1.80 bits per heavy atom. The Morgan fingerprint density at radius 3 is 2.60 bits per heavy atom. The number of carbonyl (C=O) groups is 1. The first kappa shape index (κ1) is 13.8. The molecule has 2 fully saturated rings. The van der Waals surface area contributed by atoms with Crippen LogP contribution in [0.25, 0.3) is 0 Å². The van der Waals surface area contributed by atoms with Crippen molar-refractivity contribution in [3.8, 4) is 0 Å². The minimum absolute atomic E-state index is 0.0129. The van der Waals surface area contributed by atoms with Crippen LogP contribution >= 0.6 is 0 Å². The van der Waals surface area contributed by atoms with Crippen LogP contribution in [0.2, 0.25) is 0 Å². The molecule has 0 N–H and O–H groups in total. The third-order valence-electron chi connectivity index (χ3n) is 4.76. The van der Waals surface area contributed by atoms with Crippen LogP contribution in [0.15, 0.2) is 30.3 Å². The lowest BCUT2D eigenvalue weighted by molar-refractivity contribution is 0.0502. The average molecular weight is 272 g/mol. The number of rotatable bonds is 3. The molecule has 3 heteroatoms. The molecule has 3 rings (SSSR count). The highest BCUT2D eigenvalue weighted by Gasteiger charge is 2.36. The number of fused-ring (bicyclic) bond motifs is 1. The Kier molecular flexibility index (Phi) is 4.18. The summed E-state index contributed by atoms with van der Waals surface area (Å²) in [6.45, 7) is 5.54. The van der Waals surface area contributed by atoms with E-state index in [1.165, 1.54) is 38.8 Å². The second-order valence-corrected chi connectivity index (χ2v) is 6.01. The second kappa shape index (κ2) is 6.06. The predicted molar refractivity (Wildman–Crippen MR) is 80.8 cm³/mol. The number of hydrogen-bond acceptors (Lipinski definition) is 3. The normalized spacial score (nSPS) is 25.9. The molecule has 0 aliphatic carbocycles. The molecule has 0 spiro atoms. The van der Waals surface area contributed by atoms with Crippen molar-refractivity contribution < 1.29 is 4.79 Å². The minimum Gasteiger partial charge on any atom is -0.292 e. The minimum atomic E-state index is -0.0129. The zero-order chi connectivity index (χ0) is 13.9. The standard InChI is InChI=1S/C17H24N2O/c1-14(17(20)15-8-3-2-4-9-15)19-13-6-5-11-18-12-7-10-16(18)19/h2-4,8-9,14,16H,5-7,10-13H2,1H3. The first-order valence-corrected chi connectivity index (χ1v) is 7.86. The van der Waals surface area contributed by atoms with Gasteiger partial charge in [-0.1, -0.05) is 30.3 Å². The summed E-state index contributed by atoms with van der Waals surface area (Å²) in [6.07, 6.45) is 5.44. The maximum absolute atomic E-state index is 12.7. The van der Waals surface area contributed by atoms with Crippen molar-refractivity contribution >= 4 is 5.78 Å². The van der Waals surface area contributed by atoms with E-state index in [2.05, 4.69) is 16.7 Å². The Bertz CT molecular complexity index is 459. The molecule has 2 unspecified atom stereocenters. The van der Waals surface area contributed by atoms with Crippen molar-refractivity contribution in [1.29, 1.82) is 0 Å². The molecule has 2 saturated heterocycles. The number of benzene rings is 1. The number of Topliss-reactive ketones (excluding diaryl/α,β-unsaturated/α-hetero) is 1. The number of hydrogen-bond donors (Lipinski definition) is 0. The Labute approximate surface area is 121 Å². The van der Waals surface area contributed by atoms with E-state index in [1.807, 2.05) is 30.3 Å². The van der Waals surface area contributed by atoms with Crippen LogP contribution in [0.3, 0.4) is 0 Å². The molecular formula is C17H24N2O. The number of ketones is 1. The Hall–Kier alpha value is -1.19. The summed E-state index contributed by atoms with van der Waals surface area (Å²) in [5.41, 5.74) is 0.841. The first-order chi connectivity index (χ1) is 9.77. The summed E-state index contributed by atoms with van der Waals surface area (Å²) in [7, 11) is 0. The summed E-state index contributed by atoms with van der Waals surface area (Å²) in [5.74, 6) is 0.263. The lowest BCUT2D eigenvalue weighted by Gasteiger charge is -2.36. The predicted octanol–water partition coefficient (Wildman–Crippen LogP) is 2.78. The number of nitrogens with zero attached hydrogens (tertiary/aromatic N) is 2. The fourth-order valence-corrected chi connectivity index (χ4v) is 3.65. The topological polar surface area (TPSA) is 23.6 Å². The van der Waals surface area contributed by atoms with Gasteiger partial charge in [-0.05, 0) is 45.7 Å². The fraction of sp³-hybridized carbons (Fsp3) is 0.588. The highest BCUT2D eigenvalue weighted by molar-refractivity contribution is 5.99. The molecule has 0 saturated carbocycles. The van der Waals surface area contributed by atoms with Gasteiger partial charge in [-0.25, -0.2) is 0 Å². The van der Waals surface area contributed by atoms with E-state index in [1.54, 1.807) is 0 Å². The molecule has 0 aromatic heterocycles. The van der Waals surface area contributed by atoms with Crippen molar-refractivity contribution in [2.24, 2.45) is 0 Å². The maximum Gasteiger partial charge on any atom is 0.179 e. The smallest absolute Gasteiger partial charge is 0.179 e. The van der Waals surface area contributed by atoms with Crippen LogP contribution in [-0.2, 0) is 0 Å². The molecule has 108 valence electrons. The summed E-state index contributed by atoms with van der Waals surface area (Å²) in [6, 6.07) is 9.72. The third kappa shape index (κ3) is 2.65. The van der Waals surface area contributed by atoms with Crippen molar-refractivity contribution in [2.75, 3.05) is 19.6 Å². The van der Waals surface area contributed by atoms with Crippen LogP contribution in [0.1, 0.15) is 43.0 Å². The van der Waals surface area contributed by atoms with Gasteiger partial charge in [-0.3, -0.25) is 14.6 Å². The average Bonchev–Trinajstić information content (AvgIpc) is 2.86. The van der Waals surface area contributed by atoms with Gasteiger partial charge in [0.1, 0.15) is 0 Å². The largest absolute Gasteiger partial charge is 0.292 e. The van der Waals surface area contributed by atoms with Gasteiger partial charge in [-0.15, -0.1) is 0 Å². The van der Waals surface area contributed by atoms with Gasteiger partial charge in [0, 0.05) is 12.1 Å². The van der Waals surface area contributed by atoms with Gasteiger partial charge in [0.25, 0.3) is 0 Å². The highest BCUT2D eigenvalue weighted by atomic mass is 16.1. The summed E-state index contributed by atoms with van der Waals surface area (Å²) >= 11 is 0. The van der Waals surface area contributed by atoms with E-state index in [9.17, 15) is 4.79 Å². The lowest BCUT2D eigenvalue weighted by Crippen LogP contribution is -2.50. The molecule has 0 amide bonds. The zero-order valence-corrected chi connectivity index (χ0v) is 12.3. The van der Waals surface area contributed by atoms with E-state index in [-0.39, 0.29) is 11.8 Å². The Balaban J connectivity index is 1.78. The summed E-state index contributed by atoms with van der Waals surface area (Å²) in [4.78, 5) is 17.7. The molecule has 20 heavy (non-hydrogen) atoms. The van der Waals surface area contributed by atoms with Gasteiger partial charge in [-0.2, -0.15) is 0 Å². The summed E-state index contributed by atoms with van der Waals surface area (Å²) < 4.78 is 0. The Morgan fingerprint density at radius 1 is 1.10 bits per heavy atom. The molecule has 1 aromatic carbocycles. The third-order valence-corrected chi connectivity index (χ3v) is 4.76. The van der Waals surface area contributed by atoms with Crippen LogP contribution in [0, 0.1) is 0 Å². The quantitative estimate of drug-likeness (QED) is 0.791. The van der Waals surface area contributed by atoms with E-state index < -0.39 is 0 Å².